The number of nitrogens with one attached hydrogen (secondary N) is 2. The molecule has 3 aliphatic heterocycles. The van der Waals surface area contributed by atoms with Crippen LogP contribution in [0.15, 0.2) is 60.7 Å². The number of ether oxygens (including phenoxy) is 3. The zero-order chi connectivity index (χ0) is 24.4. The summed E-state index contributed by atoms with van der Waals surface area (Å²) < 4.78 is 15.2. The van der Waals surface area contributed by atoms with E-state index in [1.54, 1.807) is 0 Å². The van der Waals surface area contributed by atoms with Crippen LogP contribution in [0.2, 0.25) is 0 Å². The van der Waals surface area contributed by atoms with Crippen LogP contribution in [-0.4, -0.2) is 39.6 Å². The lowest BCUT2D eigenvalue weighted by molar-refractivity contribution is 0.0967. The Morgan fingerprint density at radius 3 is 0.794 bits per heavy atom. The number of rotatable bonds is 2. The largest absolute Gasteiger partial charge is 0.381 e. The van der Waals surface area contributed by atoms with Crippen LogP contribution in [-0.2, 0) is 14.2 Å². The Kier molecular flexibility index (Phi) is 21.1. The summed E-state index contributed by atoms with van der Waals surface area (Å²) in [5.41, 5.74) is 6.93. The fraction of sp³-hybridized carbons (Fsp3) is 0.556. The maximum Gasteiger partial charge on any atom is 0.0485 e. The number of nitrogens with two attached hydrogens (primary N) is 2. The Hall–Kier alpha value is -2.16. The molecule has 0 atom stereocenters. The second kappa shape index (κ2) is 24.0. The first-order valence-corrected chi connectivity index (χ1v) is 12.6. The van der Waals surface area contributed by atoms with Crippen molar-refractivity contribution >= 4 is 11.4 Å². The van der Waals surface area contributed by atoms with Gasteiger partial charge in [-0.05, 0) is 82.1 Å². The van der Waals surface area contributed by atoms with Crippen LogP contribution in [0, 0.1) is 0 Å². The first-order chi connectivity index (χ1) is 16.9. The molecule has 7 heteroatoms. The zero-order valence-electron chi connectivity index (χ0n) is 20.8. The molecule has 0 saturated carbocycles. The summed E-state index contributed by atoms with van der Waals surface area (Å²) in [5, 5.41) is 0. The predicted molar refractivity (Wildman–Crippen MR) is 143 cm³/mol. The minimum Gasteiger partial charge on any atom is -0.381 e. The van der Waals surface area contributed by atoms with Crippen molar-refractivity contribution in [2.75, 3.05) is 50.5 Å². The fourth-order valence-corrected chi connectivity index (χ4v) is 3.13. The summed E-state index contributed by atoms with van der Waals surface area (Å²) in [7, 11) is 0. The molecule has 0 unspecified atom stereocenters. The molecule has 192 valence electrons. The summed E-state index contributed by atoms with van der Waals surface area (Å²) in [4.78, 5) is 0. The molecule has 0 radical (unpaired) electrons. The van der Waals surface area contributed by atoms with Gasteiger partial charge >= 0.3 is 0 Å². The number of para-hydroxylation sites is 2. The normalized spacial score (nSPS) is 16.8. The van der Waals surface area contributed by atoms with Crippen LogP contribution in [0.1, 0.15) is 57.8 Å². The van der Waals surface area contributed by atoms with Gasteiger partial charge in [-0.25, -0.2) is 0 Å². The van der Waals surface area contributed by atoms with Crippen LogP contribution in [0.3, 0.4) is 0 Å². The Labute approximate surface area is 206 Å². The van der Waals surface area contributed by atoms with Crippen LogP contribution < -0.4 is 22.5 Å². The third-order valence-electron chi connectivity index (χ3n) is 5.11. The molecule has 2 aromatic rings. The summed E-state index contributed by atoms with van der Waals surface area (Å²) in [6, 6.07) is 19.2. The average molecular weight is 475 g/mol. The highest BCUT2D eigenvalue weighted by atomic mass is 16.5. The van der Waals surface area contributed by atoms with Gasteiger partial charge < -0.3 is 25.1 Å². The van der Waals surface area contributed by atoms with E-state index in [9.17, 15) is 0 Å². The highest BCUT2D eigenvalue weighted by Crippen LogP contribution is 2.04. The second-order valence-corrected chi connectivity index (χ2v) is 8.04. The lowest BCUT2D eigenvalue weighted by Crippen LogP contribution is -2.05. The Morgan fingerprint density at radius 1 is 0.412 bits per heavy atom. The summed E-state index contributed by atoms with van der Waals surface area (Å²) in [5.74, 6) is 10.2. The molecule has 3 aliphatic rings. The fourth-order valence-electron chi connectivity index (χ4n) is 3.13. The van der Waals surface area contributed by atoms with Gasteiger partial charge in [0.25, 0.3) is 0 Å². The average Bonchev–Trinajstić information content (AvgIpc) is 2.98. The SMILES string of the molecule is C1CCOCC1.C1CCOCC1.C1CCOCC1.NNc1ccccc1.NNc1ccccc1. The predicted octanol–water partition coefficient (Wildman–Crippen LogP) is 5.51. The Balaban J connectivity index is 0.000000214. The van der Waals surface area contributed by atoms with Crippen molar-refractivity contribution in [2.24, 2.45) is 11.7 Å². The zero-order valence-corrected chi connectivity index (χ0v) is 20.8. The molecule has 0 aliphatic carbocycles. The van der Waals surface area contributed by atoms with E-state index in [1.165, 1.54) is 57.8 Å². The third-order valence-corrected chi connectivity index (χ3v) is 5.11. The summed E-state index contributed by atoms with van der Waals surface area (Å²) >= 11 is 0. The van der Waals surface area contributed by atoms with Crippen LogP contribution >= 0.6 is 0 Å². The second-order valence-electron chi connectivity index (χ2n) is 8.04. The van der Waals surface area contributed by atoms with Crippen molar-refractivity contribution in [3.8, 4) is 0 Å². The molecule has 0 aromatic heterocycles. The van der Waals surface area contributed by atoms with Gasteiger partial charge in [-0.3, -0.25) is 11.7 Å². The molecule has 7 nitrogen and oxygen atoms in total. The van der Waals surface area contributed by atoms with E-state index in [2.05, 4.69) is 10.9 Å². The van der Waals surface area contributed by atoms with Gasteiger partial charge in [-0.2, -0.15) is 0 Å². The lowest BCUT2D eigenvalue weighted by atomic mass is 10.2. The molecular weight excluding hydrogens is 428 g/mol. The van der Waals surface area contributed by atoms with Crippen LogP contribution in [0.4, 0.5) is 11.4 Å². The van der Waals surface area contributed by atoms with Crippen molar-refractivity contribution in [1.82, 2.24) is 0 Å². The van der Waals surface area contributed by atoms with Crippen LogP contribution in [0.25, 0.3) is 0 Å². The monoisotopic (exact) mass is 474 g/mol. The molecule has 34 heavy (non-hydrogen) atoms. The van der Waals surface area contributed by atoms with Crippen LogP contribution in [0.5, 0.6) is 0 Å². The van der Waals surface area contributed by atoms with Gasteiger partial charge in [0.1, 0.15) is 0 Å². The highest BCUT2D eigenvalue weighted by Gasteiger charge is 1.96. The van der Waals surface area contributed by atoms with Gasteiger partial charge in [0.15, 0.2) is 0 Å². The van der Waals surface area contributed by atoms with Gasteiger partial charge in [0, 0.05) is 51.0 Å². The Morgan fingerprint density at radius 2 is 0.676 bits per heavy atom. The van der Waals surface area contributed by atoms with Crippen molar-refractivity contribution in [2.45, 2.75) is 57.8 Å². The molecule has 0 bridgehead atoms. The molecule has 3 fully saturated rings. The topological polar surface area (TPSA) is 104 Å². The maximum atomic E-state index is 5.10. The van der Waals surface area contributed by atoms with Gasteiger partial charge in [-0.1, -0.05) is 36.4 Å². The number of hydrazine groups is 2. The third kappa shape index (κ3) is 19.3. The van der Waals surface area contributed by atoms with E-state index < -0.39 is 0 Å². The molecule has 3 saturated heterocycles. The smallest absolute Gasteiger partial charge is 0.0485 e. The van der Waals surface area contributed by atoms with Gasteiger partial charge in [0.2, 0.25) is 0 Å². The van der Waals surface area contributed by atoms with Gasteiger partial charge in [0.05, 0.1) is 0 Å². The number of hydrogen-bond donors (Lipinski definition) is 4. The van der Waals surface area contributed by atoms with E-state index >= 15 is 0 Å². The van der Waals surface area contributed by atoms with E-state index in [1.807, 2.05) is 60.7 Å². The van der Waals surface area contributed by atoms with Crippen molar-refractivity contribution in [3.63, 3.8) is 0 Å². The Bertz CT molecular complexity index is 532. The molecule has 3 heterocycles. The summed E-state index contributed by atoms with van der Waals surface area (Å²) in [6.45, 7) is 6.00. The summed E-state index contributed by atoms with van der Waals surface area (Å²) in [6.07, 6.45) is 11.8. The maximum absolute atomic E-state index is 5.10. The van der Waals surface area contributed by atoms with E-state index in [0.29, 0.717) is 0 Å². The van der Waals surface area contributed by atoms with Crippen molar-refractivity contribution in [1.29, 1.82) is 0 Å². The van der Waals surface area contributed by atoms with E-state index in [0.717, 1.165) is 51.0 Å². The van der Waals surface area contributed by atoms with E-state index in [4.69, 9.17) is 25.9 Å². The number of anilines is 2. The lowest BCUT2D eigenvalue weighted by Gasteiger charge is -2.08. The number of benzene rings is 2. The molecule has 6 N–H and O–H groups in total. The van der Waals surface area contributed by atoms with Gasteiger partial charge in [-0.15, -0.1) is 0 Å². The quantitative estimate of drug-likeness (QED) is 0.336. The van der Waals surface area contributed by atoms with E-state index in [-0.39, 0.29) is 0 Å². The molecule has 0 spiro atoms. The van der Waals surface area contributed by atoms with Crippen molar-refractivity contribution < 1.29 is 14.2 Å². The molecule has 5 rings (SSSR count). The standard InChI is InChI=1S/2C6H8N2.3C5H10O/c2*7-8-6-4-2-1-3-5-6;3*1-2-4-6-5-3-1/h2*1-5,8H,7H2;3*1-5H2. The number of hydrogen-bond acceptors (Lipinski definition) is 7. The first kappa shape index (κ1) is 29.9. The molecular formula is C27H46N4O3. The number of nitrogen functional groups attached to an aromatic ring is 2. The molecule has 0 amide bonds. The first-order valence-electron chi connectivity index (χ1n) is 12.6. The minimum absolute atomic E-state index is 0.938. The minimum atomic E-state index is 0.938. The molecule has 2 aromatic carbocycles. The highest BCUT2D eigenvalue weighted by molar-refractivity contribution is 5.41. The van der Waals surface area contributed by atoms with Crippen molar-refractivity contribution in [3.05, 3.63) is 60.7 Å².